The van der Waals surface area contributed by atoms with Crippen LogP contribution in [0.25, 0.3) is 0 Å². The minimum atomic E-state index is -4.35. The number of halogens is 3. The number of hydrogen-bond donors (Lipinski definition) is 1. The maximum Gasteiger partial charge on any atom is 0.416 e. The van der Waals surface area contributed by atoms with Gasteiger partial charge in [-0.3, -0.25) is 0 Å². The normalized spacial score (nSPS) is 25.6. The summed E-state index contributed by atoms with van der Waals surface area (Å²) in [7, 11) is 5.77. The minimum Gasteiger partial charge on any atom is -0.378 e. The van der Waals surface area contributed by atoms with Crippen LogP contribution in [-0.2, 0) is 10.9 Å². The molecule has 25 heavy (non-hydrogen) atoms. The van der Waals surface area contributed by atoms with E-state index < -0.39 is 11.7 Å². The first-order chi connectivity index (χ1) is 11.9. The molecule has 1 fully saturated rings. The van der Waals surface area contributed by atoms with Crippen LogP contribution in [-0.4, -0.2) is 14.5 Å². The molecule has 6 heteroatoms. The van der Waals surface area contributed by atoms with Crippen molar-refractivity contribution in [2.75, 3.05) is 11.9 Å². The number of hydrogen-bond acceptors (Lipinski definition) is 2. The van der Waals surface area contributed by atoms with Crippen LogP contribution in [0, 0.1) is 5.92 Å². The van der Waals surface area contributed by atoms with Gasteiger partial charge >= 0.3 is 6.18 Å². The Kier molecular flexibility index (Phi) is 4.03. The number of nitrogens with one attached hydrogen (secondary N) is 1. The Labute approximate surface area is 145 Å². The number of ether oxygens (including phenoxy) is 1. The van der Waals surface area contributed by atoms with Crippen molar-refractivity contribution >= 4 is 19.0 Å². The van der Waals surface area contributed by atoms with Gasteiger partial charge in [-0.25, -0.2) is 0 Å². The van der Waals surface area contributed by atoms with E-state index >= 15 is 0 Å². The van der Waals surface area contributed by atoms with Crippen LogP contribution < -0.4 is 10.8 Å². The van der Waals surface area contributed by atoms with Crippen molar-refractivity contribution in [1.29, 1.82) is 0 Å². The Bertz CT molecular complexity index is 775. The number of benzene rings is 2. The number of fused-ring (bicyclic) bond motifs is 3. The third kappa shape index (κ3) is 3.04. The predicted octanol–water partition coefficient (Wildman–Crippen LogP) is 4.13. The zero-order valence-electron chi connectivity index (χ0n) is 13.5. The lowest BCUT2D eigenvalue weighted by atomic mass is 9.77. The van der Waals surface area contributed by atoms with Crippen molar-refractivity contribution in [3.05, 3.63) is 59.2 Å². The summed E-state index contributed by atoms with van der Waals surface area (Å²) in [6, 6.07) is 11.5. The topological polar surface area (TPSA) is 21.3 Å². The molecule has 128 valence electrons. The highest BCUT2D eigenvalue weighted by Gasteiger charge is 2.41. The summed E-state index contributed by atoms with van der Waals surface area (Å²) in [5.41, 5.74) is 2.43. The van der Waals surface area contributed by atoms with E-state index in [9.17, 15) is 13.2 Å². The highest BCUT2D eigenvalue weighted by atomic mass is 19.4. The Morgan fingerprint density at radius 3 is 2.56 bits per heavy atom. The molecule has 2 aliphatic heterocycles. The zero-order chi connectivity index (χ0) is 17.6. The monoisotopic (exact) mass is 343 g/mol. The molecule has 2 aliphatic rings. The Balaban J connectivity index is 1.76. The summed E-state index contributed by atoms with van der Waals surface area (Å²) in [4.78, 5) is 0. The second-order valence-corrected chi connectivity index (χ2v) is 6.69. The van der Waals surface area contributed by atoms with Crippen molar-refractivity contribution in [3.8, 4) is 0 Å². The standard InChI is InChI=1S/C19H17BF3NO/c20-13-6-3-11(4-7-13)17-14-2-1-9-25-18(14)15-10-12(19(21,22)23)5-8-16(15)24-17/h3-8,10,14,17-18,24H,1-2,9H2/t14-,17?,18-/m0/s1. The Morgan fingerprint density at radius 1 is 1.08 bits per heavy atom. The van der Waals surface area contributed by atoms with Crippen LogP contribution in [0.1, 0.15) is 41.7 Å². The Hall–Kier alpha value is -1.95. The quantitative estimate of drug-likeness (QED) is 0.786. The summed E-state index contributed by atoms with van der Waals surface area (Å²) in [5.74, 6) is 0.0911. The van der Waals surface area contributed by atoms with E-state index in [2.05, 4.69) is 5.32 Å². The molecule has 2 heterocycles. The van der Waals surface area contributed by atoms with Gasteiger partial charge in [0.15, 0.2) is 0 Å². The molecule has 2 radical (unpaired) electrons. The molecule has 4 rings (SSSR count). The Morgan fingerprint density at radius 2 is 1.84 bits per heavy atom. The van der Waals surface area contributed by atoms with Crippen molar-refractivity contribution in [2.45, 2.75) is 31.2 Å². The number of rotatable bonds is 1. The SMILES string of the molecule is [B]c1ccc(C2Nc3ccc(C(F)(F)F)cc3[C@H]3OCCC[C@@H]23)cc1. The fourth-order valence-electron chi connectivity index (χ4n) is 3.88. The van der Waals surface area contributed by atoms with Gasteiger partial charge in [0, 0.05) is 23.8 Å². The maximum absolute atomic E-state index is 13.1. The van der Waals surface area contributed by atoms with Gasteiger partial charge in [-0.15, -0.1) is 0 Å². The molecule has 0 aliphatic carbocycles. The summed E-state index contributed by atoms with van der Waals surface area (Å²) in [5, 5.41) is 3.42. The van der Waals surface area contributed by atoms with E-state index in [1.807, 2.05) is 24.3 Å². The van der Waals surface area contributed by atoms with Crippen molar-refractivity contribution < 1.29 is 17.9 Å². The van der Waals surface area contributed by atoms with Gasteiger partial charge in [-0.2, -0.15) is 13.2 Å². The fourth-order valence-corrected chi connectivity index (χ4v) is 3.88. The molecular formula is C19H17BF3NO. The molecule has 0 amide bonds. The summed E-state index contributed by atoms with van der Waals surface area (Å²) in [6.45, 7) is 0.575. The van der Waals surface area contributed by atoms with Gasteiger partial charge in [-0.05, 0) is 36.6 Å². The van der Waals surface area contributed by atoms with E-state index in [4.69, 9.17) is 12.6 Å². The first-order valence-corrected chi connectivity index (χ1v) is 8.38. The molecule has 1 saturated heterocycles. The third-order valence-corrected chi connectivity index (χ3v) is 5.09. The number of anilines is 1. The highest BCUT2D eigenvalue weighted by Crippen LogP contribution is 2.50. The second-order valence-electron chi connectivity index (χ2n) is 6.69. The molecule has 2 aromatic rings. The van der Waals surface area contributed by atoms with Gasteiger partial charge < -0.3 is 10.1 Å². The van der Waals surface area contributed by atoms with Crippen LogP contribution in [0.15, 0.2) is 42.5 Å². The minimum absolute atomic E-state index is 0.00450. The molecule has 2 aromatic carbocycles. The molecule has 0 bridgehead atoms. The van der Waals surface area contributed by atoms with Crippen LogP contribution in [0.5, 0.6) is 0 Å². The van der Waals surface area contributed by atoms with Crippen LogP contribution in [0.2, 0.25) is 0 Å². The molecule has 0 spiro atoms. The van der Waals surface area contributed by atoms with Gasteiger partial charge in [0.1, 0.15) is 7.85 Å². The van der Waals surface area contributed by atoms with Gasteiger partial charge in [0.25, 0.3) is 0 Å². The smallest absolute Gasteiger partial charge is 0.378 e. The van der Waals surface area contributed by atoms with Gasteiger partial charge in [0.05, 0.1) is 17.7 Å². The van der Waals surface area contributed by atoms with Crippen molar-refractivity contribution in [2.24, 2.45) is 5.92 Å². The zero-order valence-corrected chi connectivity index (χ0v) is 13.5. The van der Waals surface area contributed by atoms with Crippen LogP contribution >= 0.6 is 0 Å². The van der Waals surface area contributed by atoms with Gasteiger partial charge in [0.2, 0.25) is 0 Å². The van der Waals surface area contributed by atoms with Crippen LogP contribution in [0.3, 0.4) is 0 Å². The van der Waals surface area contributed by atoms with E-state index in [0.29, 0.717) is 23.3 Å². The first kappa shape index (κ1) is 16.5. The molecular weight excluding hydrogens is 326 g/mol. The molecule has 1 unspecified atom stereocenters. The predicted molar refractivity (Wildman–Crippen MR) is 91.1 cm³/mol. The maximum atomic E-state index is 13.1. The van der Waals surface area contributed by atoms with Crippen molar-refractivity contribution in [1.82, 2.24) is 0 Å². The van der Waals surface area contributed by atoms with Crippen LogP contribution in [0.4, 0.5) is 18.9 Å². The highest BCUT2D eigenvalue weighted by molar-refractivity contribution is 6.32. The average molecular weight is 343 g/mol. The van der Waals surface area contributed by atoms with Crippen molar-refractivity contribution in [3.63, 3.8) is 0 Å². The van der Waals surface area contributed by atoms with E-state index in [-0.39, 0.29) is 18.1 Å². The largest absolute Gasteiger partial charge is 0.416 e. The summed E-state index contributed by atoms with van der Waals surface area (Å²) < 4.78 is 45.2. The third-order valence-electron chi connectivity index (χ3n) is 5.09. The molecule has 2 nitrogen and oxygen atoms in total. The summed E-state index contributed by atoms with van der Waals surface area (Å²) in [6.07, 6.45) is -2.87. The van der Waals surface area contributed by atoms with E-state index in [1.165, 1.54) is 12.1 Å². The number of alkyl halides is 3. The molecule has 0 aromatic heterocycles. The lowest BCUT2D eigenvalue weighted by Gasteiger charge is -2.43. The average Bonchev–Trinajstić information content (AvgIpc) is 2.60. The fraction of sp³-hybridized carbons (Fsp3) is 0.368. The van der Waals surface area contributed by atoms with E-state index in [1.54, 1.807) is 0 Å². The molecule has 3 atom stereocenters. The van der Waals surface area contributed by atoms with E-state index in [0.717, 1.165) is 24.5 Å². The lowest BCUT2D eigenvalue weighted by Crippen LogP contribution is -2.36. The lowest BCUT2D eigenvalue weighted by molar-refractivity contribution is -0.137. The summed E-state index contributed by atoms with van der Waals surface area (Å²) >= 11 is 0. The molecule has 0 saturated carbocycles. The van der Waals surface area contributed by atoms with Gasteiger partial charge in [-0.1, -0.05) is 29.7 Å². The second kappa shape index (κ2) is 6.09. The first-order valence-electron chi connectivity index (χ1n) is 8.38. The molecule has 1 N–H and O–H groups in total.